The first-order valence-corrected chi connectivity index (χ1v) is 11.3. The Bertz CT molecular complexity index is 941. The van der Waals surface area contributed by atoms with Crippen LogP contribution in [-0.4, -0.2) is 20.7 Å². The molecule has 0 atom stereocenters. The van der Waals surface area contributed by atoms with Gasteiger partial charge in [0.1, 0.15) is 15.6 Å². The smallest absolute Gasteiger partial charge is 0.263 e. The molecule has 0 unspecified atom stereocenters. The van der Waals surface area contributed by atoms with Gasteiger partial charge in [-0.25, -0.2) is 4.98 Å². The van der Waals surface area contributed by atoms with Gasteiger partial charge in [-0.05, 0) is 30.9 Å². The van der Waals surface area contributed by atoms with Gasteiger partial charge in [0.25, 0.3) is 5.91 Å². The lowest BCUT2D eigenvalue weighted by molar-refractivity contribution is 0.0954. The van der Waals surface area contributed by atoms with E-state index in [2.05, 4.69) is 10.3 Å². The summed E-state index contributed by atoms with van der Waals surface area (Å²) in [4.78, 5) is 17.9. The fourth-order valence-corrected chi connectivity index (χ4v) is 4.91. The Hall–Kier alpha value is -2.47. The van der Waals surface area contributed by atoms with E-state index in [1.54, 1.807) is 0 Å². The van der Waals surface area contributed by atoms with Crippen molar-refractivity contribution in [3.05, 3.63) is 58.7 Å². The lowest BCUT2D eigenvalue weighted by atomic mass is 9.87. The van der Waals surface area contributed by atoms with Gasteiger partial charge in [0, 0.05) is 19.3 Å². The molecule has 29 heavy (non-hydrogen) atoms. The molecule has 2 heterocycles. The van der Waals surface area contributed by atoms with Gasteiger partial charge >= 0.3 is 0 Å². The Morgan fingerprint density at radius 1 is 1.17 bits per heavy atom. The first kappa shape index (κ1) is 19.8. The molecule has 152 valence electrons. The van der Waals surface area contributed by atoms with Gasteiger partial charge < -0.3 is 5.32 Å². The molecule has 1 aliphatic carbocycles. The maximum absolute atomic E-state index is 12.6. The molecule has 4 rings (SSSR count). The molecule has 6 heteroatoms. The van der Waals surface area contributed by atoms with E-state index in [1.807, 2.05) is 54.2 Å². The summed E-state index contributed by atoms with van der Waals surface area (Å²) in [6, 6.07) is 11.9. The van der Waals surface area contributed by atoms with E-state index in [4.69, 9.17) is 5.10 Å². The van der Waals surface area contributed by atoms with Gasteiger partial charge in [0.15, 0.2) is 0 Å². The predicted molar refractivity (Wildman–Crippen MR) is 117 cm³/mol. The third kappa shape index (κ3) is 5.12. The van der Waals surface area contributed by atoms with Crippen molar-refractivity contribution < 1.29 is 4.79 Å². The molecule has 0 bridgehead atoms. The van der Waals surface area contributed by atoms with Crippen molar-refractivity contribution >= 4 is 17.2 Å². The molecule has 1 amide bonds. The fourth-order valence-electron chi connectivity index (χ4n) is 3.97. The molecule has 1 aromatic carbocycles. The third-order valence-electron chi connectivity index (χ3n) is 5.65. The van der Waals surface area contributed by atoms with Gasteiger partial charge in [-0.15, -0.1) is 11.3 Å². The predicted octanol–water partition coefficient (Wildman–Crippen LogP) is 5.22. The van der Waals surface area contributed by atoms with E-state index in [1.165, 1.54) is 49.9 Å². The highest BCUT2D eigenvalue weighted by Crippen LogP contribution is 2.28. The van der Waals surface area contributed by atoms with Gasteiger partial charge in [0.05, 0.1) is 5.69 Å². The minimum atomic E-state index is -0.0770. The number of aromatic nitrogens is 3. The molecule has 0 radical (unpaired) electrons. The highest BCUT2D eigenvalue weighted by molar-refractivity contribution is 7.17. The maximum atomic E-state index is 12.6. The molecular weight excluding hydrogens is 380 g/mol. The summed E-state index contributed by atoms with van der Waals surface area (Å²) in [5.74, 6) is 0.769. The largest absolute Gasteiger partial charge is 0.347 e. The second kappa shape index (κ2) is 9.35. The van der Waals surface area contributed by atoms with Crippen LogP contribution in [0.1, 0.15) is 59.5 Å². The Kier molecular flexibility index (Phi) is 6.39. The number of hydrogen-bond acceptors (Lipinski definition) is 4. The molecular formula is C23H28N4OS. The zero-order chi connectivity index (χ0) is 20.1. The second-order valence-electron chi connectivity index (χ2n) is 7.86. The summed E-state index contributed by atoms with van der Waals surface area (Å²) in [7, 11) is 0. The van der Waals surface area contributed by atoms with Crippen LogP contribution >= 0.6 is 11.3 Å². The Morgan fingerprint density at radius 3 is 2.76 bits per heavy atom. The van der Waals surface area contributed by atoms with Crippen LogP contribution in [0.5, 0.6) is 0 Å². The summed E-state index contributed by atoms with van der Waals surface area (Å²) < 4.78 is 2.02. The van der Waals surface area contributed by atoms with Gasteiger partial charge in [-0.2, -0.15) is 5.10 Å². The summed E-state index contributed by atoms with van der Waals surface area (Å²) in [5, 5.41) is 8.50. The van der Waals surface area contributed by atoms with Crippen LogP contribution in [-0.2, 0) is 13.1 Å². The van der Waals surface area contributed by atoms with E-state index in [9.17, 15) is 4.79 Å². The number of benzene rings is 1. The Morgan fingerprint density at radius 2 is 1.97 bits per heavy atom. The number of thiazole rings is 1. The van der Waals surface area contributed by atoms with Crippen LogP contribution in [0.2, 0.25) is 0 Å². The van der Waals surface area contributed by atoms with E-state index in [0.717, 1.165) is 34.4 Å². The minimum Gasteiger partial charge on any atom is -0.347 e. The van der Waals surface area contributed by atoms with Crippen LogP contribution in [0.4, 0.5) is 0 Å². The summed E-state index contributed by atoms with van der Waals surface area (Å²) >= 11 is 1.42. The number of nitrogens with one attached hydrogen (secondary N) is 1. The third-order valence-corrected chi connectivity index (χ3v) is 6.83. The van der Waals surface area contributed by atoms with Crippen LogP contribution in [0.15, 0.2) is 42.6 Å². The van der Waals surface area contributed by atoms with E-state index in [0.29, 0.717) is 11.4 Å². The zero-order valence-corrected chi connectivity index (χ0v) is 17.8. The Balaban J connectivity index is 1.37. The highest BCUT2D eigenvalue weighted by atomic mass is 32.1. The first-order valence-electron chi connectivity index (χ1n) is 10.5. The number of carbonyl (C=O) groups is 1. The van der Waals surface area contributed by atoms with Crippen molar-refractivity contribution in [3.8, 4) is 10.7 Å². The topological polar surface area (TPSA) is 59.8 Å². The molecule has 2 aromatic heterocycles. The number of nitrogens with zero attached hydrogens (tertiary/aromatic N) is 3. The summed E-state index contributed by atoms with van der Waals surface area (Å²) in [5.41, 5.74) is 2.69. The quantitative estimate of drug-likeness (QED) is 0.583. The number of carbonyl (C=O) groups excluding carboxylic acids is 1. The first-order chi connectivity index (χ1) is 14.2. The van der Waals surface area contributed by atoms with Crippen molar-refractivity contribution in [2.75, 3.05) is 0 Å². The molecule has 3 aromatic rings. The molecule has 0 spiro atoms. The average molecular weight is 409 g/mol. The molecule has 1 fully saturated rings. The van der Waals surface area contributed by atoms with Crippen LogP contribution in [0.25, 0.3) is 10.7 Å². The molecule has 0 saturated heterocycles. The van der Waals surface area contributed by atoms with E-state index in [-0.39, 0.29) is 5.91 Å². The highest BCUT2D eigenvalue weighted by Gasteiger charge is 2.18. The monoisotopic (exact) mass is 408 g/mol. The van der Waals surface area contributed by atoms with E-state index >= 15 is 0 Å². The molecule has 1 saturated carbocycles. The van der Waals surface area contributed by atoms with Crippen molar-refractivity contribution in [1.29, 1.82) is 0 Å². The number of amides is 1. The standard InChI is InChI=1S/C23H28N4OS/c1-17-21(22(28)24-16-19-10-6-3-7-11-19)29-23(25-17)20-13-15-27(26-20)14-12-18-8-4-2-5-9-18/h3,6-7,10-11,13,15,18H,2,4-5,8-9,12,14,16H2,1H3,(H,24,28). The SMILES string of the molecule is Cc1nc(-c2ccn(CCC3CCCCC3)n2)sc1C(=O)NCc1ccccc1. The fraction of sp³-hybridized carbons (Fsp3) is 0.435. The second-order valence-corrected chi connectivity index (χ2v) is 8.86. The summed E-state index contributed by atoms with van der Waals surface area (Å²) in [6.07, 6.45) is 10.1. The maximum Gasteiger partial charge on any atom is 0.263 e. The van der Waals surface area contributed by atoms with Crippen LogP contribution in [0, 0.1) is 12.8 Å². The zero-order valence-electron chi connectivity index (χ0n) is 16.9. The Labute approximate surface area is 176 Å². The van der Waals surface area contributed by atoms with Crippen LogP contribution < -0.4 is 5.32 Å². The van der Waals surface area contributed by atoms with Crippen molar-refractivity contribution in [2.24, 2.45) is 5.92 Å². The number of hydrogen-bond donors (Lipinski definition) is 1. The lowest BCUT2D eigenvalue weighted by Gasteiger charge is -2.21. The van der Waals surface area contributed by atoms with Crippen LogP contribution in [0.3, 0.4) is 0 Å². The van der Waals surface area contributed by atoms with Gasteiger partial charge in [0.2, 0.25) is 0 Å². The number of aryl methyl sites for hydroxylation is 2. The van der Waals surface area contributed by atoms with Gasteiger partial charge in [-0.1, -0.05) is 62.4 Å². The normalized spacial score (nSPS) is 14.8. The van der Waals surface area contributed by atoms with E-state index < -0.39 is 0 Å². The van der Waals surface area contributed by atoms with Gasteiger partial charge in [-0.3, -0.25) is 9.48 Å². The molecule has 1 aliphatic rings. The van der Waals surface area contributed by atoms with Crippen molar-refractivity contribution in [3.63, 3.8) is 0 Å². The summed E-state index contributed by atoms with van der Waals surface area (Å²) in [6.45, 7) is 3.36. The molecule has 1 N–H and O–H groups in total. The van der Waals surface area contributed by atoms with Crippen molar-refractivity contribution in [1.82, 2.24) is 20.1 Å². The minimum absolute atomic E-state index is 0.0770. The molecule has 0 aliphatic heterocycles. The average Bonchev–Trinajstić information content (AvgIpc) is 3.39. The number of rotatable bonds is 7. The van der Waals surface area contributed by atoms with Crippen molar-refractivity contribution in [2.45, 2.75) is 58.5 Å². The lowest BCUT2D eigenvalue weighted by Crippen LogP contribution is -2.22. The molecule has 5 nitrogen and oxygen atoms in total.